The van der Waals surface area contributed by atoms with Crippen molar-refractivity contribution in [2.24, 2.45) is 0 Å². The monoisotopic (exact) mass is 344 g/mol. The Morgan fingerprint density at radius 2 is 1.95 bits per heavy atom. The predicted octanol–water partition coefficient (Wildman–Crippen LogP) is 3.50. The lowest BCUT2D eigenvalue weighted by Gasteiger charge is -2.26. The number of nitrogens with one attached hydrogen (secondary N) is 1. The van der Waals surface area contributed by atoms with E-state index in [0.717, 1.165) is 5.56 Å². The highest BCUT2D eigenvalue weighted by Crippen LogP contribution is 2.24. The topological polar surface area (TPSA) is 32.3 Å². The van der Waals surface area contributed by atoms with Gasteiger partial charge in [0.2, 0.25) is 5.91 Å². The van der Waals surface area contributed by atoms with Crippen molar-refractivity contribution in [2.45, 2.75) is 39.8 Å². The summed E-state index contributed by atoms with van der Waals surface area (Å²) in [5.41, 5.74) is 0.936. The van der Waals surface area contributed by atoms with Gasteiger partial charge in [0.1, 0.15) is 5.82 Å². The number of halogens is 2. The molecule has 20 heavy (non-hydrogen) atoms. The number of carbonyl (C=O) groups excluding carboxylic acids is 1. The molecule has 2 atom stereocenters. The van der Waals surface area contributed by atoms with E-state index in [0.29, 0.717) is 17.6 Å². The summed E-state index contributed by atoms with van der Waals surface area (Å²) in [5.74, 6) is -0.194. The average molecular weight is 345 g/mol. The lowest BCUT2D eigenvalue weighted by Crippen LogP contribution is -2.45. The highest BCUT2D eigenvalue weighted by molar-refractivity contribution is 9.10. The average Bonchev–Trinajstić information content (AvgIpc) is 2.39. The van der Waals surface area contributed by atoms with Crippen molar-refractivity contribution in [2.75, 3.05) is 13.1 Å². The molecule has 3 nitrogen and oxygen atoms in total. The minimum absolute atomic E-state index is 0.0421. The molecule has 2 unspecified atom stereocenters. The maximum atomic E-state index is 13.1. The number of hydrogen-bond acceptors (Lipinski definition) is 2. The molecule has 0 heterocycles. The quantitative estimate of drug-likeness (QED) is 0.856. The molecule has 0 aliphatic rings. The van der Waals surface area contributed by atoms with Crippen LogP contribution in [0.5, 0.6) is 0 Å². The van der Waals surface area contributed by atoms with Gasteiger partial charge in [0, 0.05) is 23.6 Å². The van der Waals surface area contributed by atoms with Gasteiger partial charge in [-0.2, -0.15) is 0 Å². The second-order valence-electron chi connectivity index (χ2n) is 4.79. The molecule has 0 saturated carbocycles. The van der Waals surface area contributed by atoms with Gasteiger partial charge < -0.3 is 4.90 Å². The molecule has 0 spiro atoms. The summed E-state index contributed by atoms with van der Waals surface area (Å²) in [4.78, 5) is 14.0. The number of hydrogen-bond donors (Lipinski definition) is 1. The van der Waals surface area contributed by atoms with E-state index in [1.165, 1.54) is 12.1 Å². The van der Waals surface area contributed by atoms with Crippen LogP contribution in [0.15, 0.2) is 22.7 Å². The van der Waals surface area contributed by atoms with Crippen LogP contribution in [0.4, 0.5) is 4.39 Å². The summed E-state index contributed by atoms with van der Waals surface area (Å²) in [6.07, 6.45) is 0. The van der Waals surface area contributed by atoms with Gasteiger partial charge in [-0.05, 0) is 45.4 Å². The Morgan fingerprint density at radius 3 is 2.45 bits per heavy atom. The molecule has 1 N–H and O–H groups in total. The summed E-state index contributed by atoms with van der Waals surface area (Å²) in [6, 6.07) is 4.27. The van der Waals surface area contributed by atoms with E-state index in [1.807, 2.05) is 27.7 Å². The van der Waals surface area contributed by atoms with Crippen LogP contribution in [0.3, 0.4) is 0 Å². The van der Waals surface area contributed by atoms with Crippen LogP contribution in [-0.4, -0.2) is 29.9 Å². The van der Waals surface area contributed by atoms with E-state index in [9.17, 15) is 9.18 Å². The minimum Gasteiger partial charge on any atom is -0.342 e. The number of carbonyl (C=O) groups is 1. The highest BCUT2D eigenvalue weighted by atomic mass is 79.9. The van der Waals surface area contributed by atoms with Crippen molar-refractivity contribution >= 4 is 21.8 Å². The molecule has 112 valence electrons. The van der Waals surface area contributed by atoms with Gasteiger partial charge >= 0.3 is 0 Å². The first-order chi connectivity index (χ1) is 9.40. The molecule has 1 aromatic rings. The molecule has 0 bridgehead atoms. The number of likely N-dealkylation sites (N-methyl/N-ethyl adjacent to an activating group) is 1. The van der Waals surface area contributed by atoms with Crippen molar-refractivity contribution in [1.29, 1.82) is 0 Å². The zero-order valence-electron chi connectivity index (χ0n) is 12.4. The first-order valence-corrected chi connectivity index (χ1v) is 7.69. The first-order valence-electron chi connectivity index (χ1n) is 6.90. The molecule has 0 aliphatic heterocycles. The summed E-state index contributed by atoms with van der Waals surface area (Å²) in [7, 11) is 0. The van der Waals surface area contributed by atoms with Crippen LogP contribution in [0.1, 0.15) is 39.3 Å². The van der Waals surface area contributed by atoms with Crippen LogP contribution < -0.4 is 5.32 Å². The van der Waals surface area contributed by atoms with Crippen LogP contribution in [0.2, 0.25) is 0 Å². The molecule has 0 saturated heterocycles. The maximum absolute atomic E-state index is 13.1. The minimum atomic E-state index is -0.278. The second-order valence-corrected chi connectivity index (χ2v) is 5.64. The van der Waals surface area contributed by atoms with Gasteiger partial charge in [-0.3, -0.25) is 10.1 Å². The van der Waals surface area contributed by atoms with E-state index in [-0.39, 0.29) is 23.8 Å². The predicted molar refractivity (Wildman–Crippen MR) is 83.0 cm³/mol. The SMILES string of the molecule is CCN(CC)C(=O)C(C)NC(C)c1ccc(F)cc1Br. The number of amides is 1. The van der Waals surface area contributed by atoms with Crippen LogP contribution >= 0.6 is 15.9 Å². The van der Waals surface area contributed by atoms with Gasteiger partial charge in [0.05, 0.1) is 6.04 Å². The van der Waals surface area contributed by atoms with Crippen molar-refractivity contribution in [1.82, 2.24) is 10.2 Å². The number of benzene rings is 1. The van der Waals surface area contributed by atoms with E-state index >= 15 is 0 Å². The fourth-order valence-corrected chi connectivity index (χ4v) is 2.89. The fraction of sp³-hybridized carbons (Fsp3) is 0.533. The Hall–Kier alpha value is -0.940. The third-order valence-corrected chi connectivity index (χ3v) is 4.06. The number of rotatable bonds is 6. The summed E-state index contributed by atoms with van der Waals surface area (Å²) >= 11 is 3.36. The van der Waals surface area contributed by atoms with E-state index in [1.54, 1.807) is 11.0 Å². The summed E-state index contributed by atoms with van der Waals surface area (Å²) in [5, 5.41) is 3.26. The standard InChI is InChI=1S/C15H22BrFN2O/c1-5-19(6-2)15(20)11(4)18-10(3)13-8-7-12(17)9-14(13)16/h7-11,18H,5-6H2,1-4H3. The fourth-order valence-electron chi connectivity index (χ4n) is 2.20. The smallest absolute Gasteiger partial charge is 0.239 e. The van der Waals surface area contributed by atoms with Gasteiger partial charge in [0.15, 0.2) is 0 Å². The van der Waals surface area contributed by atoms with Gasteiger partial charge in [-0.1, -0.05) is 22.0 Å². The highest BCUT2D eigenvalue weighted by Gasteiger charge is 2.21. The molecular formula is C15H22BrFN2O. The third kappa shape index (κ3) is 4.28. The second kappa shape index (κ2) is 7.74. The molecule has 1 aromatic carbocycles. The lowest BCUT2D eigenvalue weighted by molar-refractivity contribution is -0.132. The van der Waals surface area contributed by atoms with Crippen molar-refractivity contribution < 1.29 is 9.18 Å². The van der Waals surface area contributed by atoms with Crippen LogP contribution in [0, 0.1) is 5.82 Å². The van der Waals surface area contributed by atoms with E-state index in [2.05, 4.69) is 21.2 Å². The molecular weight excluding hydrogens is 323 g/mol. The Balaban J connectivity index is 2.74. The van der Waals surface area contributed by atoms with E-state index in [4.69, 9.17) is 0 Å². The zero-order chi connectivity index (χ0) is 15.3. The normalized spacial score (nSPS) is 13.9. The zero-order valence-corrected chi connectivity index (χ0v) is 14.0. The molecule has 0 aromatic heterocycles. The maximum Gasteiger partial charge on any atom is 0.239 e. The van der Waals surface area contributed by atoms with Crippen LogP contribution in [0.25, 0.3) is 0 Å². The Morgan fingerprint density at radius 1 is 1.35 bits per heavy atom. The molecule has 1 amide bonds. The van der Waals surface area contributed by atoms with Gasteiger partial charge in [0.25, 0.3) is 0 Å². The summed E-state index contributed by atoms with van der Waals surface area (Å²) < 4.78 is 13.8. The largest absolute Gasteiger partial charge is 0.342 e. The van der Waals surface area contributed by atoms with Crippen molar-refractivity contribution in [3.63, 3.8) is 0 Å². The first kappa shape index (κ1) is 17.1. The van der Waals surface area contributed by atoms with Gasteiger partial charge in [-0.15, -0.1) is 0 Å². The number of nitrogens with zero attached hydrogens (tertiary/aromatic N) is 1. The Labute approximate surface area is 128 Å². The van der Waals surface area contributed by atoms with Crippen molar-refractivity contribution in [3.05, 3.63) is 34.1 Å². The summed E-state index contributed by atoms with van der Waals surface area (Å²) in [6.45, 7) is 9.16. The Bertz CT molecular complexity index is 463. The molecule has 0 aliphatic carbocycles. The van der Waals surface area contributed by atoms with Crippen molar-refractivity contribution in [3.8, 4) is 0 Å². The molecule has 5 heteroatoms. The molecule has 0 radical (unpaired) electrons. The van der Waals surface area contributed by atoms with Crippen LogP contribution in [-0.2, 0) is 4.79 Å². The van der Waals surface area contributed by atoms with Gasteiger partial charge in [-0.25, -0.2) is 4.39 Å². The van der Waals surface area contributed by atoms with E-state index < -0.39 is 0 Å². The lowest BCUT2D eigenvalue weighted by atomic mass is 10.1. The molecule has 0 fully saturated rings. The third-order valence-electron chi connectivity index (χ3n) is 3.37. The Kier molecular flexibility index (Phi) is 6.62. The molecule has 1 rings (SSSR count).